The number of unbranched alkanes of at least 4 members (excludes halogenated alkanes) is 5. The summed E-state index contributed by atoms with van der Waals surface area (Å²) in [6.45, 7) is 9.91. The molecule has 18 heavy (non-hydrogen) atoms. The van der Waals surface area contributed by atoms with Gasteiger partial charge in [-0.3, -0.25) is 0 Å². The fourth-order valence-electron chi connectivity index (χ4n) is 3.10. The van der Waals surface area contributed by atoms with Gasteiger partial charge in [0.2, 0.25) is 0 Å². The van der Waals surface area contributed by atoms with Gasteiger partial charge in [0.1, 0.15) is 0 Å². The van der Waals surface area contributed by atoms with Gasteiger partial charge in [-0.25, -0.2) is 0 Å². The Labute approximate surface area is 114 Å². The zero-order chi connectivity index (χ0) is 13.3. The highest BCUT2D eigenvalue weighted by atomic mass is 16.5. The zero-order valence-electron chi connectivity index (χ0n) is 12.8. The molecule has 1 fully saturated rings. The molecule has 0 amide bonds. The third-order valence-electron chi connectivity index (χ3n) is 4.59. The SMILES string of the molecule is CCCCCCCCC1(CNCC)CCOC1C. The van der Waals surface area contributed by atoms with E-state index >= 15 is 0 Å². The molecule has 0 saturated carbocycles. The molecule has 2 heteroatoms. The zero-order valence-corrected chi connectivity index (χ0v) is 12.8. The van der Waals surface area contributed by atoms with E-state index in [2.05, 4.69) is 26.1 Å². The first-order valence-electron chi connectivity index (χ1n) is 8.07. The predicted octanol–water partition coefficient (Wildman–Crippen LogP) is 4.14. The maximum atomic E-state index is 5.82. The molecule has 1 rings (SSSR count). The van der Waals surface area contributed by atoms with Crippen molar-refractivity contribution in [2.75, 3.05) is 19.7 Å². The summed E-state index contributed by atoms with van der Waals surface area (Å²) >= 11 is 0. The quantitative estimate of drug-likeness (QED) is 0.592. The van der Waals surface area contributed by atoms with Gasteiger partial charge in [0, 0.05) is 18.6 Å². The lowest BCUT2D eigenvalue weighted by Crippen LogP contribution is -2.39. The topological polar surface area (TPSA) is 21.3 Å². The Morgan fingerprint density at radius 1 is 1.11 bits per heavy atom. The van der Waals surface area contributed by atoms with E-state index in [0.717, 1.165) is 19.7 Å². The lowest BCUT2D eigenvalue weighted by Gasteiger charge is -2.32. The van der Waals surface area contributed by atoms with E-state index in [1.54, 1.807) is 0 Å². The fraction of sp³-hybridized carbons (Fsp3) is 1.00. The van der Waals surface area contributed by atoms with Crippen molar-refractivity contribution in [2.45, 2.75) is 78.2 Å². The normalized spacial score (nSPS) is 27.8. The average Bonchev–Trinajstić information content (AvgIpc) is 2.73. The molecule has 1 N–H and O–H groups in total. The molecule has 1 saturated heterocycles. The maximum Gasteiger partial charge on any atom is 0.0616 e. The second kappa shape index (κ2) is 8.92. The average molecular weight is 255 g/mol. The van der Waals surface area contributed by atoms with Crippen molar-refractivity contribution in [3.05, 3.63) is 0 Å². The van der Waals surface area contributed by atoms with E-state index in [9.17, 15) is 0 Å². The van der Waals surface area contributed by atoms with Crippen LogP contribution in [0.15, 0.2) is 0 Å². The number of rotatable bonds is 10. The summed E-state index contributed by atoms with van der Waals surface area (Å²) in [4.78, 5) is 0. The van der Waals surface area contributed by atoms with Crippen LogP contribution < -0.4 is 5.32 Å². The minimum atomic E-state index is 0.417. The van der Waals surface area contributed by atoms with Crippen LogP contribution in [0.25, 0.3) is 0 Å². The van der Waals surface area contributed by atoms with E-state index in [1.165, 1.54) is 51.4 Å². The summed E-state index contributed by atoms with van der Waals surface area (Å²) in [5.41, 5.74) is 0.417. The predicted molar refractivity (Wildman–Crippen MR) is 79.0 cm³/mol. The Kier molecular flexibility index (Phi) is 7.92. The molecule has 0 aromatic heterocycles. The van der Waals surface area contributed by atoms with E-state index in [0.29, 0.717) is 11.5 Å². The lowest BCUT2D eigenvalue weighted by atomic mass is 9.77. The summed E-state index contributed by atoms with van der Waals surface area (Å²) in [6.07, 6.45) is 11.4. The van der Waals surface area contributed by atoms with Gasteiger partial charge in [-0.1, -0.05) is 52.4 Å². The largest absolute Gasteiger partial charge is 0.378 e. The standard InChI is InChI=1S/C16H33NO/c1-4-6-7-8-9-10-11-16(14-17-5-2)12-13-18-15(16)3/h15,17H,4-14H2,1-3H3. The van der Waals surface area contributed by atoms with Crippen molar-refractivity contribution in [2.24, 2.45) is 5.41 Å². The molecule has 108 valence electrons. The smallest absolute Gasteiger partial charge is 0.0616 e. The van der Waals surface area contributed by atoms with Crippen LogP contribution in [0.1, 0.15) is 72.1 Å². The van der Waals surface area contributed by atoms with E-state index < -0.39 is 0 Å². The molecule has 0 spiro atoms. The van der Waals surface area contributed by atoms with Crippen molar-refractivity contribution in [1.29, 1.82) is 0 Å². The molecule has 2 atom stereocenters. The van der Waals surface area contributed by atoms with Crippen molar-refractivity contribution in [3.63, 3.8) is 0 Å². The minimum Gasteiger partial charge on any atom is -0.378 e. The highest BCUT2D eigenvalue weighted by molar-refractivity contribution is 4.91. The van der Waals surface area contributed by atoms with Gasteiger partial charge in [-0.2, -0.15) is 0 Å². The van der Waals surface area contributed by atoms with Gasteiger partial charge in [-0.15, -0.1) is 0 Å². The van der Waals surface area contributed by atoms with Crippen LogP contribution in [0.3, 0.4) is 0 Å². The third kappa shape index (κ3) is 4.89. The molecule has 0 aromatic carbocycles. The first-order valence-corrected chi connectivity index (χ1v) is 8.07. The van der Waals surface area contributed by atoms with Gasteiger partial charge in [-0.05, 0) is 26.3 Å². The molecule has 0 aromatic rings. The third-order valence-corrected chi connectivity index (χ3v) is 4.59. The van der Waals surface area contributed by atoms with Crippen LogP contribution in [-0.2, 0) is 4.74 Å². The lowest BCUT2D eigenvalue weighted by molar-refractivity contribution is 0.0573. The summed E-state index contributed by atoms with van der Waals surface area (Å²) in [5.74, 6) is 0. The molecule has 2 unspecified atom stereocenters. The first-order chi connectivity index (χ1) is 8.75. The number of hydrogen-bond acceptors (Lipinski definition) is 2. The highest BCUT2D eigenvalue weighted by Gasteiger charge is 2.40. The number of ether oxygens (including phenoxy) is 1. The molecule has 0 aliphatic carbocycles. The Morgan fingerprint density at radius 3 is 2.44 bits per heavy atom. The van der Waals surface area contributed by atoms with Crippen LogP contribution in [0.2, 0.25) is 0 Å². The molecule has 0 radical (unpaired) electrons. The summed E-state index contributed by atoms with van der Waals surface area (Å²) in [6, 6.07) is 0. The fourth-order valence-corrected chi connectivity index (χ4v) is 3.10. The van der Waals surface area contributed by atoms with Crippen molar-refractivity contribution < 1.29 is 4.74 Å². The summed E-state index contributed by atoms with van der Waals surface area (Å²) in [7, 11) is 0. The Hall–Kier alpha value is -0.0800. The number of nitrogens with one attached hydrogen (secondary N) is 1. The Balaban J connectivity index is 2.24. The van der Waals surface area contributed by atoms with E-state index in [-0.39, 0.29) is 0 Å². The number of hydrogen-bond donors (Lipinski definition) is 1. The minimum absolute atomic E-state index is 0.417. The summed E-state index contributed by atoms with van der Waals surface area (Å²) in [5, 5.41) is 3.54. The van der Waals surface area contributed by atoms with E-state index in [1.807, 2.05) is 0 Å². The highest BCUT2D eigenvalue weighted by Crippen LogP contribution is 2.39. The van der Waals surface area contributed by atoms with Gasteiger partial charge >= 0.3 is 0 Å². The van der Waals surface area contributed by atoms with Gasteiger partial charge in [0.25, 0.3) is 0 Å². The van der Waals surface area contributed by atoms with Crippen LogP contribution in [0.4, 0.5) is 0 Å². The van der Waals surface area contributed by atoms with E-state index in [4.69, 9.17) is 4.74 Å². The molecule has 2 nitrogen and oxygen atoms in total. The molecule has 1 aliphatic rings. The maximum absolute atomic E-state index is 5.82. The molecule has 1 heterocycles. The Morgan fingerprint density at radius 2 is 1.83 bits per heavy atom. The second-order valence-electron chi connectivity index (χ2n) is 5.92. The van der Waals surface area contributed by atoms with Crippen LogP contribution in [-0.4, -0.2) is 25.8 Å². The Bertz CT molecular complexity index is 207. The van der Waals surface area contributed by atoms with Crippen LogP contribution >= 0.6 is 0 Å². The van der Waals surface area contributed by atoms with Gasteiger partial charge in [0.15, 0.2) is 0 Å². The van der Waals surface area contributed by atoms with Crippen molar-refractivity contribution in [3.8, 4) is 0 Å². The molecular formula is C16H33NO. The monoisotopic (exact) mass is 255 g/mol. The molecule has 1 aliphatic heterocycles. The summed E-state index contributed by atoms with van der Waals surface area (Å²) < 4.78 is 5.82. The van der Waals surface area contributed by atoms with Crippen molar-refractivity contribution in [1.82, 2.24) is 5.32 Å². The van der Waals surface area contributed by atoms with Crippen LogP contribution in [0.5, 0.6) is 0 Å². The van der Waals surface area contributed by atoms with Crippen LogP contribution in [0, 0.1) is 5.41 Å². The first kappa shape index (κ1) is 16.0. The second-order valence-corrected chi connectivity index (χ2v) is 5.92. The van der Waals surface area contributed by atoms with Crippen molar-refractivity contribution >= 4 is 0 Å². The van der Waals surface area contributed by atoms with Gasteiger partial charge < -0.3 is 10.1 Å². The molecule has 0 bridgehead atoms. The van der Waals surface area contributed by atoms with Gasteiger partial charge in [0.05, 0.1) is 6.10 Å². The molecular weight excluding hydrogens is 222 g/mol.